The number of nitrogens with one attached hydrogen (secondary N) is 1. The van der Waals surface area contributed by atoms with E-state index >= 15 is 0 Å². The number of nitrogens with zero attached hydrogens (tertiary/aromatic N) is 1. The summed E-state index contributed by atoms with van der Waals surface area (Å²) in [4.78, 5) is 15.5. The van der Waals surface area contributed by atoms with Crippen LogP contribution in [-0.2, 0) is 0 Å². The summed E-state index contributed by atoms with van der Waals surface area (Å²) in [6.07, 6.45) is 2.33. The van der Waals surface area contributed by atoms with Crippen molar-refractivity contribution in [2.75, 3.05) is 0 Å². The number of aromatic hydroxyl groups is 1. The lowest BCUT2D eigenvalue weighted by Crippen LogP contribution is -2.31. The maximum atomic E-state index is 11.6. The van der Waals surface area contributed by atoms with E-state index in [9.17, 15) is 9.90 Å². The molecule has 82 valence electrons. The molecule has 0 spiro atoms. The highest BCUT2D eigenvalue weighted by Gasteiger charge is 2.10. The van der Waals surface area contributed by atoms with E-state index < -0.39 is 0 Å². The van der Waals surface area contributed by atoms with Crippen molar-refractivity contribution in [3.63, 3.8) is 0 Å². The molecule has 0 aliphatic carbocycles. The molecule has 0 aliphatic rings. The first-order chi connectivity index (χ1) is 7.04. The quantitative estimate of drug-likeness (QED) is 0.661. The third kappa shape index (κ3) is 3.33. The number of hydrogen-bond acceptors (Lipinski definition) is 3. The topological polar surface area (TPSA) is 62.2 Å². The number of rotatable bonds is 3. The number of hydrogen-bond donors (Lipinski definition) is 2. The summed E-state index contributed by atoms with van der Waals surface area (Å²) in [5, 5.41) is 12.2. The van der Waals surface area contributed by atoms with Gasteiger partial charge in [0, 0.05) is 12.2 Å². The smallest absolute Gasteiger partial charge is 0.253 e. The van der Waals surface area contributed by atoms with Gasteiger partial charge in [-0.3, -0.25) is 4.79 Å². The van der Waals surface area contributed by atoms with Gasteiger partial charge >= 0.3 is 0 Å². The van der Waals surface area contributed by atoms with Crippen LogP contribution < -0.4 is 5.32 Å². The van der Waals surface area contributed by atoms with Crippen LogP contribution in [-0.4, -0.2) is 22.0 Å². The van der Waals surface area contributed by atoms with E-state index in [1.54, 1.807) is 0 Å². The maximum absolute atomic E-state index is 11.6. The molecule has 1 atom stereocenters. The van der Waals surface area contributed by atoms with Gasteiger partial charge < -0.3 is 10.4 Å². The maximum Gasteiger partial charge on any atom is 0.253 e. The average Bonchev–Trinajstić information content (AvgIpc) is 2.21. The standard InChI is InChI=1S/C10H13IN2O2/c1-3-6(2)13-10(15)7-4-8(14)9(11)12-5-7/h4-6,14H,3H2,1-2H3,(H,13,15)/t6-/m1/s1. The lowest BCUT2D eigenvalue weighted by atomic mass is 10.2. The van der Waals surface area contributed by atoms with Crippen LogP contribution in [0.25, 0.3) is 0 Å². The van der Waals surface area contributed by atoms with E-state index in [2.05, 4.69) is 10.3 Å². The summed E-state index contributed by atoms with van der Waals surface area (Å²) in [6.45, 7) is 3.92. The second-order valence-corrected chi connectivity index (χ2v) is 4.34. The van der Waals surface area contributed by atoms with Crippen LogP contribution in [0.2, 0.25) is 0 Å². The van der Waals surface area contributed by atoms with Crippen LogP contribution in [0.3, 0.4) is 0 Å². The number of pyridine rings is 1. The zero-order chi connectivity index (χ0) is 11.4. The Morgan fingerprint density at radius 1 is 1.73 bits per heavy atom. The van der Waals surface area contributed by atoms with Crippen molar-refractivity contribution in [3.8, 4) is 5.75 Å². The largest absolute Gasteiger partial charge is 0.505 e. The van der Waals surface area contributed by atoms with E-state index in [4.69, 9.17) is 0 Å². The highest BCUT2D eigenvalue weighted by atomic mass is 127. The summed E-state index contributed by atoms with van der Waals surface area (Å²) in [5.74, 6) is -0.170. The Labute approximate surface area is 102 Å². The molecular weight excluding hydrogens is 307 g/mol. The molecule has 0 aromatic carbocycles. The van der Waals surface area contributed by atoms with E-state index in [0.717, 1.165) is 6.42 Å². The van der Waals surface area contributed by atoms with Gasteiger partial charge in [0.25, 0.3) is 5.91 Å². The molecule has 2 N–H and O–H groups in total. The Hall–Kier alpha value is -0.850. The molecule has 1 amide bonds. The fourth-order valence-electron chi connectivity index (χ4n) is 0.970. The molecule has 1 rings (SSSR count). The fourth-order valence-corrected chi connectivity index (χ4v) is 1.26. The van der Waals surface area contributed by atoms with Gasteiger partial charge in [-0.25, -0.2) is 4.98 Å². The minimum absolute atomic E-state index is 0.0346. The van der Waals surface area contributed by atoms with E-state index in [0.29, 0.717) is 9.26 Å². The molecular formula is C10H13IN2O2. The third-order valence-electron chi connectivity index (χ3n) is 2.07. The lowest BCUT2D eigenvalue weighted by molar-refractivity contribution is 0.0938. The van der Waals surface area contributed by atoms with Crippen molar-refractivity contribution in [1.82, 2.24) is 10.3 Å². The Morgan fingerprint density at radius 2 is 2.40 bits per heavy atom. The fraction of sp³-hybridized carbons (Fsp3) is 0.400. The first-order valence-corrected chi connectivity index (χ1v) is 5.77. The van der Waals surface area contributed by atoms with Crippen LogP contribution in [0.4, 0.5) is 0 Å². The van der Waals surface area contributed by atoms with Crippen LogP contribution in [0, 0.1) is 3.70 Å². The summed E-state index contributed by atoms with van der Waals surface area (Å²) < 4.78 is 0.493. The first-order valence-electron chi connectivity index (χ1n) is 4.70. The Morgan fingerprint density at radius 3 is 2.93 bits per heavy atom. The van der Waals surface area contributed by atoms with Gasteiger partial charge in [0.1, 0.15) is 9.45 Å². The highest BCUT2D eigenvalue weighted by Crippen LogP contribution is 2.17. The lowest BCUT2D eigenvalue weighted by Gasteiger charge is -2.11. The van der Waals surface area contributed by atoms with Crippen LogP contribution >= 0.6 is 22.6 Å². The van der Waals surface area contributed by atoms with Crippen LogP contribution in [0.1, 0.15) is 30.6 Å². The van der Waals surface area contributed by atoms with E-state index in [-0.39, 0.29) is 17.7 Å². The Bertz CT molecular complexity index is 368. The second kappa shape index (κ2) is 5.29. The van der Waals surface area contributed by atoms with Gasteiger partial charge in [0.05, 0.1) is 5.56 Å². The van der Waals surface area contributed by atoms with Crippen molar-refractivity contribution in [3.05, 3.63) is 21.5 Å². The van der Waals surface area contributed by atoms with Gasteiger partial charge in [-0.2, -0.15) is 0 Å². The van der Waals surface area contributed by atoms with Gasteiger partial charge in [0.15, 0.2) is 0 Å². The first kappa shape index (κ1) is 12.2. The number of amides is 1. The normalized spacial score (nSPS) is 12.2. The summed E-state index contributed by atoms with van der Waals surface area (Å²) >= 11 is 1.90. The monoisotopic (exact) mass is 320 g/mol. The molecule has 0 unspecified atom stereocenters. The zero-order valence-corrected chi connectivity index (χ0v) is 10.8. The summed E-state index contributed by atoms with van der Waals surface area (Å²) in [7, 11) is 0. The summed E-state index contributed by atoms with van der Waals surface area (Å²) in [5.41, 5.74) is 0.383. The number of aromatic nitrogens is 1. The minimum Gasteiger partial charge on any atom is -0.505 e. The Balaban J connectivity index is 2.78. The molecule has 1 aromatic heterocycles. The van der Waals surface area contributed by atoms with Gasteiger partial charge in [-0.05, 0) is 42.0 Å². The SMILES string of the molecule is CC[C@@H](C)NC(=O)c1cnc(I)c(O)c1. The molecule has 5 heteroatoms. The molecule has 15 heavy (non-hydrogen) atoms. The van der Waals surface area contributed by atoms with Crippen molar-refractivity contribution in [2.24, 2.45) is 0 Å². The molecule has 0 saturated heterocycles. The molecule has 1 aromatic rings. The average molecular weight is 320 g/mol. The second-order valence-electron chi connectivity index (χ2n) is 3.32. The Kier molecular flexibility index (Phi) is 4.31. The zero-order valence-electron chi connectivity index (χ0n) is 8.62. The third-order valence-corrected chi connectivity index (χ3v) is 2.90. The van der Waals surface area contributed by atoms with Crippen LogP contribution in [0.15, 0.2) is 12.3 Å². The molecule has 0 saturated carbocycles. The molecule has 1 heterocycles. The number of carbonyl (C=O) groups excluding carboxylic acids is 1. The van der Waals surface area contributed by atoms with Gasteiger partial charge in [-0.15, -0.1) is 0 Å². The molecule has 0 fully saturated rings. The minimum atomic E-state index is -0.205. The van der Waals surface area contributed by atoms with E-state index in [1.807, 2.05) is 36.4 Å². The predicted octanol–water partition coefficient (Wildman–Crippen LogP) is 1.92. The molecule has 4 nitrogen and oxygen atoms in total. The summed E-state index contributed by atoms with van der Waals surface area (Å²) in [6, 6.07) is 1.55. The van der Waals surface area contributed by atoms with Gasteiger partial charge in [-0.1, -0.05) is 6.92 Å². The van der Waals surface area contributed by atoms with E-state index in [1.165, 1.54) is 12.3 Å². The van der Waals surface area contributed by atoms with Crippen LogP contribution in [0.5, 0.6) is 5.75 Å². The van der Waals surface area contributed by atoms with Crippen molar-refractivity contribution in [2.45, 2.75) is 26.3 Å². The van der Waals surface area contributed by atoms with Crippen molar-refractivity contribution < 1.29 is 9.90 Å². The highest BCUT2D eigenvalue weighted by molar-refractivity contribution is 14.1. The van der Waals surface area contributed by atoms with Gasteiger partial charge in [0.2, 0.25) is 0 Å². The molecule has 0 aliphatic heterocycles. The number of carbonyl (C=O) groups is 1. The van der Waals surface area contributed by atoms with Crippen molar-refractivity contribution >= 4 is 28.5 Å². The predicted molar refractivity (Wildman–Crippen MR) is 65.8 cm³/mol. The molecule has 0 radical (unpaired) electrons. The van der Waals surface area contributed by atoms with Crippen molar-refractivity contribution in [1.29, 1.82) is 0 Å². The number of halogens is 1. The molecule has 0 bridgehead atoms.